The SMILES string of the molecule is CCOC1CC(CC(N)CCc2ccc3c(c2)CCO3)C1. The summed E-state index contributed by atoms with van der Waals surface area (Å²) in [7, 11) is 0. The fourth-order valence-electron chi connectivity index (χ4n) is 3.53. The summed E-state index contributed by atoms with van der Waals surface area (Å²) in [5, 5.41) is 0. The molecule has 1 heterocycles. The third kappa shape index (κ3) is 3.78. The highest BCUT2D eigenvalue weighted by Crippen LogP contribution is 2.34. The second kappa shape index (κ2) is 6.80. The van der Waals surface area contributed by atoms with Crippen LogP contribution in [0.3, 0.4) is 0 Å². The van der Waals surface area contributed by atoms with Gasteiger partial charge in [0, 0.05) is 19.1 Å². The first-order valence-electron chi connectivity index (χ1n) is 8.36. The van der Waals surface area contributed by atoms with Crippen LogP contribution in [-0.2, 0) is 17.6 Å². The molecule has 0 radical (unpaired) electrons. The fraction of sp³-hybridized carbons (Fsp3) is 0.667. The van der Waals surface area contributed by atoms with Crippen LogP contribution < -0.4 is 10.5 Å². The summed E-state index contributed by atoms with van der Waals surface area (Å²) in [6, 6.07) is 6.92. The average Bonchev–Trinajstić information content (AvgIpc) is 2.90. The van der Waals surface area contributed by atoms with Crippen molar-refractivity contribution < 1.29 is 9.47 Å². The summed E-state index contributed by atoms with van der Waals surface area (Å²) in [5.41, 5.74) is 9.06. The van der Waals surface area contributed by atoms with Gasteiger partial charge in [-0.3, -0.25) is 0 Å². The molecule has 21 heavy (non-hydrogen) atoms. The Labute approximate surface area is 127 Å². The number of fused-ring (bicyclic) bond motifs is 1. The van der Waals surface area contributed by atoms with Crippen molar-refractivity contribution in [2.45, 2.75) is 57.6 Å². The summed E-state index contributed by atoms with van der Waals surface area (Å²) >= 11 is 0. The van der Waals surface area contributed by atoms with Crippen LogP contribution in [0.25, 0.3) is 0 Å². The summed E-state index contributed by atoms with van der Waals surface area (Å²) in [5.74, 6) is 1.85. The van der Waals surface area contributed by atoms with Crippen molar-refractivity contribution in [3.63, 3.8) is 0 Å². The van der Waals surface area contributed by atoms with E-state index in [1.807, 2.05) is 0 Å². The van der Waals surface area contributed by atoms with E-state index in [2.05, 4.69) is 25.1 Å². The number of nitrogens with two attached hydrogens (primary N) is 1. The molecule has 0 bridgehead atoms. The van der Waals surface area contributed by atoms with Gasteiger partial charge in [-0.15, -0.1) is 0 Å². The fourth-order valence-corrected chi connectivity index (χ4v) is 3.53. The largest absolute Gasteiger partial charge is 0.493 e. The highest BCUT2D eigenvalue weighted by atomic mass is 16.5. The van der Waals surface area contributed by atoms with Crippen molar-refractivity contribution in [2.75, 3.05) is 13.2 Å². The molecule has 3 nitrogen and oxygen atoms in total. The van der Waals surface area contributed by atoms with Crippen LogP contribution in [0.2, 0.25) is 0 Å². The lowest BCUT2D eigenvalue weighted by molar-refractivity contribution is -0.0282. The molecule has 3 rings (SSSR count). The van der Waals surface area contributed by atoms with Crippen LogP contribution in [0, 0.1) is 5.92 Å². The van der Waals surface area contributed by atoms with Gasteiger partial charge in [0.05, 0.1) is 12.7 Å². The van der Waals surface area contributed by atoms with Gasteiger partial charge in [-0.05, 0) is 62.1 Å². The Morgan fingerprint density at radius 2 is 2.24 bits per heavy atom. The number of hydrogen-bond donors (Lipinski definition) is 1. The summed E-state index contributed by atoms with van der Waals surface area (Å²) < 4.78 is 11.2. The van der Waals surface area contributed by atoms with E-state index >= 15 is 0 Å². The number of hydrogen-bond acceptors (Lipinski definition) is 3. The molecule has 2 N–H and O–H groups in total. The van der Waals surface area contributed by atoms with Crippen molar-refractivity contribution in [2.24, 2.45) is 11.7 Å². The van der Waals surface area contributed by atoms with Crippen LogP contribution in [0.15, 0.2) is 18.2 Å². The standard InChI is InChI=1S/C18H27NO2/c1-2-20-17-11-14(12-17)10-16(19)5-3-13-4-6-18-15(9-13)7-8-21-18/h4,6,9,14,16-17H,2-3,5,7-8,10-12,19H2,1H3. The second-order valence-corrected chi connectivity index (χ2v) is 6.49. The molecule has 0 spiro atoms. The zero-order valence-electron chi connectivity index (χ0n) is 13.0. The number of benzene rings is 1. The minimum absolute atomic E-state index is 0.321. The molecule has 0 saturated heterocycles. The predicted molar refractivity (Wildman–Crippen MR) is 84.7 cm³/mol. The molecule has 3 heteroatoms. The van der Waals surface area contributed by atoms with Gasteiger partial charge in [0.1, 0.15) is 5.75 Å². The maximum Gasteiger partial charge on any atom is 0.122 e. The summed E-state index contributed by atoms with van der Waals surface area (Å²) in [6.45, 7) is 3.74. The second-order valence-electron chi connectivity index (χ2n) is 6.49. The van der Waals surface area contributed by atoms with Gasteiger partial charge < -0.3 is 15.2 Å². The van der Waals surface area contributed by atoms with Crippen molar-refractivity contribution in [1.29, 1.82) is 0 Å². The molecule has 1 aliphatic carbocycles. The van der Waals surface area contributed by atoms with Crippen molar-refractivity contribution in [1.82, 2.24) is 0 Å². The highest BCUT2D eigenvalue weighted by Gasteiger charge is 2.30. The monoisotopic (exact) mass is 289 g/mol. The Morgan fingerprint density at radius 1 is 1.38 bits per heavy atom. The number of ether oxygens (including phenoxy) is 2. The molecule has 1 aromatic carbocycles. The van der Waals surface area contributed by atoms with Crippen LogP contribution in [-0.4, -0.2) is 25.4 Å². The van der Waals surface area contributed by atoms with E-state index in [0.29, 0.717) is 12.1 Å². The lowest BCUT2D eigenvalue weighted by atomic mass is 9.77. The molecule has 1 fully saturated rings. The third-order valence-electron chi connectivity index (χ3n) is 4.79. The van der Waals surface area contributed by atoms with E-state index in [4.69, 9.17) is 15.2 Å². The van der Waals surface area contributed by atoms with Gasteiger partial charge in [-0.2, -0.15) is 0 Å². The van der Waals surface area contributed by atoms with E-state index in [-0.39, 0.29) is 0 Å². The van der Waals surface area contributed by atoms with E-state index in [0.717, 1.165) is 50.6 Å². The smallest absolute Gasteiger partial charge is 0.122 e. The Balaban J connectivity index is 1.39. The lowest BCUT2D eigenvalue weighted by Crippen LogP contribution is -2.36. The maximum absolute atomic E-state index is 6.30. The average molecular weight is 289 g/mol. The normalized spacial score (nSPS) is 25.0. The van der Waals surface area contributed by atoms with Crippen molar-refractivity contribution in [3.05, 3.63) is 29.3 Å². The maximum atomic E-state index is 6.30. The van der Waals surface area contributed by atoms with Crippen LogP contribution in [0.4, 0.5) is 0 Å². The predicted octanol–water partition coefficient (Wildman–Crippen LogP) is 3.09. The topological polar surface area (TPSA) is 44.5 Å². The highest BCUT2D eigenvalue weighted by molar-refractivity contribution is 5.39. The molecule has 1 saturated carbocycles. The first-order chi connectivity index (χ1) is 10.2. The van der Waals surface area contributed by atoms with Crippen LogP contribution >= 0.6 is 0 Å². The van der Waals surface area contributed by atoms with Gasteiger partial charge in [-0.1, -0.05) is 12.1 Å². The molecule has 0 aromatic heterocycles. The molecule has 1 atom stereocenters. The molecule has 1 aromatic rings. The van der Waals surface area contributed by atoms with Gasteiger partial charge >= 0.3 is 0 Å². The zero-order chi connectivity index (χ0) is 14.7. The number of rotatable bonds is 7. The number of aryl methyl sites for hydroxylation is 1. The van der Waals surface area contributed by atoms with Gasteiger partial charge in [0.25, 0.3) is 0 Å². The molecule has 2 aliphatic rings. The van der Waals surface area contributed by atoms with E-state index in [1.54, 1.807) is 0 Å². The van der Waals surface area contributed by atoms with Gasteiger partial charge in [-0.25, -0.2) is 0 Å². The van der Waals surface area contributed by atoms with Crippen LogP contribution in [0.5, 0.6) is 5.75 Å². The van der Waals surface area contributed by atoms with Gasteiger partial charge in [0.15, 0.2) is 0 Å². The lowest BCUT2D eigenvalue weighted by Gasteiger charge is -2.36. The first-order valence-corrected chi connectivity index (χ1v) is 8.36. The quantitative estimate of drug-likeness (QED) is 0.839. The Bertz CT molecular complexity index is 468. The molecular weight excluding hydrogens is 262 g/mol. The minimum atomic E-state index is 0.321. The summed E-state index contributed by atoms with van der Waals surface area (Å²) in [4.78, 5) is 0. The Kier molecular flexibility index (Phi) is 4.81. The van der Waals surface area contributed by atoms with E-state index in [9.17, 15) is 0 Å². The van der Waals surface area contributed by atoms with Crippen LogP contribution in [0.1, 0.15) is 43.7 Å². The first kappa shape index (κ1) is 14.9. The Hall–Kier alpha value is -1.06. The summed E-state index contributed by atoms with van der Waals surface area (Å²) in [6.07, 6.45) is 7.28. The van der Waals surface area contributed by atoms with Crippen molar-refractivity contribution >= 4 is 0 Å². The third-order valence-corrected chi connectivity index (χ3v) is 4.79. The van der Waals surface area contributed by atoms with E-state index < -0.39 is 0 Å². The molecule has 116 valence electrons. The van der Waals surface area contributed by atoms with Crippen molar-refractivity contribution in [3.8, 4) is 5.75 Å². The molecule has 1 aliphatic heterocycles. The minimum Gasteiger partial charge on any atom is -0.493 e. The molecular formula is C18H27NO2. The van der Waals surface area contributed by atoms with E-state index in [1.165, 1.54) is 24.0 Å². The molecule has 1 unspecified atom stereocenters. The molecule has 0 amide bonds. The van der Waals surface area contributed by atoms with Gasteiger partial charge in [0.2, 0.25) is 0 Å². The Morgan fingerprint density at radius 3 is 3.05 bits per heavy atom. The zero-order valence-corrected chi connectivity index (χ0v) is 13.0.